The third kappa shape index (κ3) is 4.89. The highest BCUT2D eigenvalue weighted by atomic mass is 19.1. The Labute approximate surface area is 135 Å². The summed E-state index contributed by atoms with van der Waals surface area (Å²) in [7, 11) is 0. The second-order valence-electron chi connectivity index (χ2n) is 6.70. The summed E-state index contributed by atoms with van der Waals surface area (Å²) in [5.74, 6) is -0.810. The van der Waals surface area contributed by atoms with Gasteiger partial charge in [-0.05, 0) is 30.7 Å². The Bertz CT molecular complexity index is 600. The normalized spacial score (nSPS) is 20.1. The first-order valence-electron chi connectivity index (χ1n) is 8.17. The van der Waals surface area contributed by atoms with Crippen molar-refractivity contribution in [2.45, 2.75) is 45.3 Å². The van der Waals surface area contributed by atoms with Crippen molar-refractivity contribution in [3.05, 3.63) is 34.2 Å². The van der Waals surface area contributed by atoms with Crippen LogP contribution in [0, 0.1) is 5.92 Å². The average molecular weight is 324 g/mol. The third-order valence-electron chi connectivity index (χ3n) is 4.25. The van der Waals surface area contributed by atoms with Gasteiger partial charge in [0.05, 0.1) is 0 Å². The Morgan fingerprint density at radius 3 is 2.74 bits per heavy atom. The van der Waals surface area contributed by atoms with E-state index in [0.29, 0.717) is 25.8 Å². The molecule has 1 N–H and O–H groups in total. The van der Waals surface area contributed by atoms with Gasteiger partial charge < -0.3 is 14.6 Å². The third-order valence-corrected chi connectivity index (χ3v) is 4.25. The number of halogens is 1. The van der Waals surface area contributed by atoms with E-state index < -0.39 is 18.2 Å². The molecular weight excluding hydrogens is 299 g/mol. The topological polar surface area (TPSA) is 62.5 Å². The van der Waals surface area contributed by atoms with E-state index in [1.165, 1.54) is 10.6 Å². The summed E-state index contributed by atoms with van der Waals surface area (Å²) < 4.78 is 14.5. The molecule has 128 valence electrons. The molecule has 0 radical (unpaired) electrons. The molecule has 0 spiro atoms. The number of alkyl halides is 1. The number of carbonyl (C=O) groups is 1. The first kappa shape index (κ1) is 17.7. The second kappa shape index (κ2) is 7.73. The van der Waals surface area contributed by atoms with Crippen LogP contribution in [0.25, 0.3) is 0 Å². The van der Waals surface area contributed by atoms with Gasteiger partial charge in [-0.25, -0.2) is 9.18 Å². The predicted molar refractivity (Wildman–Crippen MR) is 86.5 cm³/mol. The number of likely N-dealkylation sites (tertiary alicyclic amines) is 1. The molecule has 5 nitrogen and oxygen atoms in total. The molecule has 1 aliphatic rings. The highest BCUT2D eigenvalue weighted by Crippen LogP contribution is 2.17. The molecular formula is C17H25FN2O3. The minimum absolute atomic E-state index is 0.178. The van der Waals surface area contributed by atoms with E-state index in [4.69, 9.17) is 0 Å². The van der Waals surface area contributed by atoms with Gasteiger partial charge >= 0.3 is 5.97 Å². The van der Waals surface area contributed by atoms with Crippen molar-refractivity contribution in [1.29, 1.82) is 0 Å². The number of pyridine rings is 1. The maximum Gasteiger partial charge on any atom is 0.326 e. The molecule has 0 amide bonds. The average Bonchev–Trinajstić information content (AvgIpc) is 2.89. The molecule has 0 bridgehead atoms. The van der Waals surface area contributed by atoms with Gasteiger partial charge in [-0.1, -0.05) is 19.9 Å². The smallest absolute Gasteiger partial charge is 0.326 e. The van der Waals surface area contributed by atoms with Crippen molar-refractivity contribution in [2.75, 3.05) is 19.6 Å². The molecule has 1 aliphatic heterocycles. The van der Waals surface area contributed by atoms with E-state index in [0.717, 1.165) is 18.7 Å². The van der Waals surface area contributed by atoms with Crippen molar-refractivity contribution < 1.29 is 14.3 Å². The summed E-state index contributed by atoms with van der Waals surface area (Å²) in [6.07, 6.45) is 2.57. The lowest BCUT2D eigenvalue weighted by Crippen LogP contribution is -2.31. The lowest BCUT2D eigenvalue weighted by Gasteiger charge is -2.19. The first-order chi connectivity index (χ1) is 10.9. The van der Waals surface area contributed by atoms with Crippen LogP contribution < -0.4 is 5.56 Å². The van der Waals surface area contributed by atoms with Crippen LogP contribution in [-0.2, 0) is 11.2 Å². The summed E-state index contributed by atoms with van der Waals surface area (Å²) in [5.41, 5.74) is 0.605. The molecule has 0 aliphatic carbocycles. The van der Waals surface area contributed by atoms with Crippen LogP contribution in [0.2, 0.25) is 0 Å². The van der Waals surface area contributed by atoms with Gasteiger partial charge in [0.2, 0.25) is 0 Å². The number of nitrogens with zero attached hydrogens (tertiary/aromatic N) is 2. The van der Waals surface area contributed by atoms with Crippen LogP contribution in [0.15, 0.2) is 23.1 Å². The summed E-state index contributed by atoms with van der Waals surface area (Å²) in [5, 5.41) is 9.41. The zero-order chi connectivity index (χ0) is 17.0. The standard InChI is InChI=1S/C17H25FN2O3/c1-12(2)9-15(17(22)23)20-10-13(3-4-16(20)21)5-7-19-8-6-14(18)11-19/h3-4,10,12,14-15H,5-9,11H2,1-2H3,(H,22,23)/t14-,15?/m1/s1. The van der Waals surface area contributed by atoms with E-state index in [1.807, 2.05) is 13.8 Å². The molecule has 1 fully saturated rings. The molecule has 1 saturated heterocycles. The molecule has 0 saturated carbocycles. The lowest BCUT2D eigenvalue weighted by molar-refractivity contribution is -0.141. The van der Waals surface area contributed by atoms with Gasteiger partial charge in [-0.3, -0.25) is 4.79 Å². The highest BCUT2D eigenvalue weighted by molar-refractivity contribution is 5.71. The maximum atomic E-state index is 13.2. The fourth-order valence-corrected chi connectivity index (χ4v) is 3.00. The first-order valence-corrected chi connectivity index (χ1v) is 8.17. The van der Waals surface area contributed by atoms with Crippen molar-refractivity contribution in [3.63, 3.8) is 0 Å². The van der Waals surface area contributed by atoms with Crippen LogP contribution in [0.3, 0.4) is 0 Å². The number of aromatic nitrogens is 1. The molecule has 1 aromatic heterocycles. The minimum Gasteiger partial charge on any atom is -0.480 e. The summed E-state index contributed by atoms with van der Waals surface area (Å²) in [6.45, 7) is 5.81. The minimum atomic E-state index is -0.988. The van der Waals surface area contributed by atoms with E-state index in [1.54, 1.807) is 12.3 Å². The largest absolute Gasteiger partial charge is 0.480 e. The Morgan fingerprint density at radius 2 is 2.17 bits per heavy atom. The maximum absolute atomic E-state index is 13.2. The summed E-state index contributed by atoms with van der Waals surface area (Å²) in [6, 6.07) is 2.31. The van der Waals surface area contributed by atoms with Crippen LogP contribution in [-0.4, -0.2) is 46.3 Å². The van der Waals surface area contributed by atoms with E-state index >= 15 is 0 Å². The molecule has 2 heterocycles. The predicted octanol–water partition coefficient (Wildman–Crippen LogP) is 2.11. The number of hydrogen-bond donors (Lipinski definition) is 1. The fraction of sp³-hybridized carbons (Fsp3) is 0.647. The number of rotatable bonds is 7. The molecule has 1 unspecified atom stereocenters. The number of carboxylic acid groups (broad SMARTS) is 1. The van der Waals surface area contributed by atoms with Gasteiger partial charge in [0.1, 0.15) is 12.2 Å². The Balaban J connectivity index is 2.11. The fourth-order valence-electron chi connectivity index (χ4n) is 3.00. The molecule has 6 heteroatoms. The Hall–Kier alpha value is -1.69. The SMILES string of the molecule is CC(C)CC(C(=O)O)n1cc(CCN2CC[C@@H](F)C2)ccc1=O. The molecule has 23 heavy (non-hydrogen) atoms. The number of hydrogen-bond acceptors (Lipinski definition) is 3. The van der Waals surface area contributed by atoms with Crippen molar-refractivity contribution in [3.8, 4) is 0 Å². The molecule has 1 aromatic rings. The van der Waals surface area contributed by atoms with Gasteiger partial charge in [-0.2, -0.15) is 0 Å². The van der Waals surface area contributed by atoms with Gasteiger partial charge in [0, 0.05) is 31.9 Å². The number of carboxylic acids is 1. The van der Waals surface area contributed by atoms with Crippen LogP contribution in [0.4, 0.5) is 4.39 Å². The van der Waals surface area contributed by atoms with Gasteiger partial charge in [0.25, 0.3) is 5.56 Å². The highest BCUT2D eigenvalue weighted by Gasteiger charge is 2.23. The molecule has 2 atom stereocenters. The van der Waals surface area contributed by atoms with E-state index in [-0.39, 0.29) is 11.5 Å². The molecule has 0 aromatic carbocycles. The zero-order valence-electron chi connectivity index (χ0n) is 13.7. The monoisotopic (exact) mass is 324 g/mol. The van der Waals surface area contributed by atoms with Gasteiger partial charge in [-0.15, -0.1) is 0 Å². The Kier molecular flexibility index (Phi) is 5.93. The number of aliphatic carboxylic acids is 1. The van der Waals surface area contributed by atoms with Crippen molar-refractivity contribution in [2.24, 2.45) is 5.92 Å². The zero-order valence-corrected chi connectivity index (χ0v) is 13.7. The van der Waals surface area contributed by atoms with Gasteiger partial charge in [0.15, 0.2) is 0 Å². The van der Waals surface area contributed by atoms with Crippen molar-refractivity contribution in [1.82, 2.24) is 9.47 Å². The van der Waals surface area contributed by atoms with Crippen LogP contribution in [0.5, 0.6) is 0 Å². The summed E-state index contributed by atoms with van der Waals surface area (Å²) >= 11 is 0. The van der Waals surface area contributed by atoms with Crippen LogP contribution in [0.1, 0.15) is 38.3 Å². The van der Waals surface area contributed by atoms with E-state index in [9.17, 15) is 19.1 Å². The van der Waals surface area contributed by atoms with Crippen LogP contribution >= 0.6 is 0 Å². The molecule has 2 rings (SSSR count). The van der Waals surface area contributed by atoms with E-state index in [2.05, 4.69) is 4.90 Å². The quantitative estimate of drug-likeness (QED) is 0.834. The summed E-state index contributed by atoms with van der Waals surface area (Å²) in [4.78, 5) is 25.6. The second-order valence-corrected chi connectivity index (χ2v) is 6.70. The lowest BCUT2D eigenvalue weighted by atomic mass is 10.0. The Morgan fingerprint density at radius 1 is 1.43 bits per heavy atom. The van der Waals surface area contributed by atoms with Crippen molar-refractivity contribution >= 4 is 5.97 Å².